The van der Waals surface area contributed by atoms with Gasteiger partial charge in [-0.1, -0.05) is 0 Å². The summed E-state index contributed by atoms with van der Waals surface area (Å²) in [4.78, 5) is 10.1. The molecule has 2 nitrogen and oxygen atoms in total. The Labute approximate surface area is 56.0 Å². The smallest absolute Gasteiger partial charge is 0.379 e. The van der Waals surface area contributed by atoms with Crippen molar-refractivity contribution in [2.75, 3.05) is 7.11 Å². The van der Waals surface area contributed by atoms with Gasteiger partial charge in [-0.2, -0.15) is 8.78 Å². The minimum absolute atomic E-state index is 0.594. The molecule has 0 radical (unpaired) electrons. The highest BCUT2D eigenvalue weighted by atomic mass is 19.3. The predicted octanol–water partition coefficient (Wildman–Crippen LogP) is 1.15. The topological polar surface area (TPSA) is 26.3 Å². The fraction of sp³-hybridized carbons (Fsp3) is 0.800. The molecule has 5 heteroatoms. The largest absolute Gasteiger partial charge is 0.465 e. The maximum atomic E-state index is 12.1. The van der Waals surface area contributed by atoms with Gasteiger partial charge in [-0.05, 0) is 6.92 Å². The Morgan fingerprint density at radius 1 is 1.60 bits per heavy atom. The number of ether oxygens (including phenoxy) is 1. The Hall–Kier alpha value is -0.740. The van der Waals surface area contributed by atoms with Crippen LogP contribution in [0.15, 0.2) is 0 Å². The van der Waals surface area contributed by atoms with Crippen molar-refractivity contribution >= 4 is 5.97 Å². The van der Waals surface area contributed by atoms with Crippen LogP contribution in [0.3, 0.4) is 0 Å². The van der Waals surface area contributed by atoms with Gasteiger partial charge in [0.25, 0.3) is 0 Å². The molecule has 60 valence electrons. The molecule has 0 fully saturated rings. The summed E-state index contributed by atoms with van der Waals surface area (Å²) >= 11 is 0. The number of carbonyl (C=O) groups is 1. The summed E-state index contributed by atoms with van der Waals surface area (Å²) < 4.78 is 39.7. The SMILES string of the molecule is COC(=O)C(F)(F)C(C)F. The first-order valence-corrected chi connectivity index (χ1v) is 2.53. The van der Waals surface area contributed by atoms with Gasteiger partial charge in [0.05, 0.1) is 7.11 Å². The molecule has 10 heavy (non-hydrogen) atoms. The maximum Gasteiger partial charge on any atom is 0.379 e. The summed E-state index contributed by atoms with van der Waals surface area (Å²) in [5.41, 5.74) is 0. The van der Waals surface area contributed by atoms with Gasteiger partial charge in [0, 0.05) is 0 Å². The van der Waals surface area contributed by atoms with E-state index in [1.165, 1.54) is 0 Å². The minimum atomic E-state index is -4.02. The molecule has 1 unspecified atom stereocenters. The Balaban J connectivity index is 4.24. The van der Waals surface area contributed by atoms with E-state index in [1.54, 1.807) is 0 Å². The van der Waals surface area contributed by atoms with Gasteiger partial charge in [0.2, 0.25) is 0 Å². The summed E-state index contributed by atoms with van der Waals surface area (Å²) in [7, 11) is 0.776. The average Bonchev–Trinajstić information content (AvgIpc) is 1.86. The molecule has 0 aromatic rings. The summed E-state index contributed by atoms with van der Waals surface area (Å²) in [5, 5.41) is 0. The van der Waals surface area contributed by atoms with E-state index < -0.39 is 18.1 Å². The monoisotopic (exact) mass is 156 g/mol. The van der Waals surface area contributed by atoms with Crippen molar-refractivity contribution in [3.05, 3.63) is 0 Å². The first-order chi connectivity index (χ1) is 4.42. The van der Waals surface area contributed by atoms with Crippen molar-refractivity contribution in [2.24, 2.45) is 0 Å². The van der Waals surface area contributed by atoms with Crippen LogP contribution in [0.4, 0.5) is 13.2 Å². The molecule has 0 bridgehead atoms. The highest BCUT2D eigenvalue weighted by Crippen LogP contribution is 2.22. The molecular weight excluding hydrogens is 149 g/mol. The molecule has 0 aliphatic carbocycles. The lowest BCUT2D eigenvalue weighted by Crippen LogP contribution is -2.38. The van der Waals surface area contributed by atoms with Crippen LogP contribution in [-0.2, 0) is 9.53 Å². The summed E-state index contributed by atoms with van der Waals surface area (Å²) in [6.45, 7) is 0.594. The highest BCUT2D eigenvalue weighted by molar-refractivity contribution is 5.78. The van der Waals surface area contributed by atoms with Crippen molar-refractivity contribution in [2.45, 2.75) is 19.0 Å². The van der Waals surface area contributed by atoms with Crippen molar-refractivity contribution in [1.29, 1.82) is 0 Å². The molecule has 0 aliphatic heterocycles. The molecule has 0 aromatic carbocycles. The number of rotatable bonds is 2. The van der Waals surface area contributed by atoms with Crippen LogP contribution in [-0.4, -0.2) is 25.2 Å². The second kappa shape index (κ2) is 2.90. The molecule has 0 aromatic heterocycles. The Kier molecular flexibility index (Phi) is 2.68. The number of esters is 1. The van der Waals surface area contributed by atoms with Gasteiger partial charge >= 0.3 is 11.9 Å². The molecule has 0 amide bonds. The third-order valence-corrected chi connectivity index (χ3v) is 0.957. The number of hydrogen-bond acceptors (Lipinski definition) is 2. The number of carbonyl (C=O) groups excluding carboxylic acids is 1. The lowest BCUT2D eigenvalue weighted by atomic mass is 10.2. The number of alkyl halides is 3. The van der Waals surface area contributed by atoms with E-state index in [4.69, 9.17) is 0 Å². The minimum Gasteiger partial charge on any atom is -0.465 e. The predicted molar refractivity (Wildman–Crippen MR) is 27.5 cm³/mol. The first-order valence-electron chi connectivity index (χ1n) is 2.53. The number of methoxy groups -OCH3 is 1. The van der Waals surface area contributed by atoms with Crippen LogP contribution in [0.5, 0.6) is 0 Å². The third-order valence-electron chi connectivity index (χ3n) is 0.957. The summed E-state index contributed by atoms with van der Waals surface area (Å²) in [6.07, 6.45) is -2.51. The van der Waals surface area contributed by atoms with Gasteiger partial charge in [0.1, 0.15) is 0 Å². The van der Waals surface area contributed by atoms with E-state index in [9.17, 15) is 18.0 Å². The van der Waals surface area contributed by atoms with E-state index in [0.29, 0.717) is 6.92 Å². The first kappa shape index (κ1) is 9.26. The van der Waals surface area contributed by atoms with Crippen LogP contribution in [0.2, 0.25) is 0 Å². The Bertz CT molecular complexity index is 133. The normalized spacial score (nSPS) is 14.5. The van der Waals surface area contributed by atoms with E-state index >= 15 is 0 Å². The van der Waals surface area contributed by atoms with Crippen molar-refractivity contribution in [1.82, 2.24) is 0 Å². The molecule has 0 heterocycles. The second-order valence-corrected chi connectivity index (χ2v) is 1.73. The van der Waals surface area contributed by atoms with Gasteiger partial charge < -0.3 is 4.74 Å². The molecular formula is C5H7F3O2. The van der Waals surface area contributed by atoms with Gasteiger partial charge in [-0.25, -0.2) is 9.18 Å². The molecule has 0 aliphatic rings. The Morgan fingerprint density at radius 3 is 2.10 bits per heavy atom. The van der Waals surface area contributed by atoms with Crippen molar-refractivity contribution < 1.29 is 22.7 Å². The lowest BCUT2D eigenvalue weighted by Gasteiger charge is -2.13. The maximum absolute atomic E-state index is 12.1. The number of hydrogen-bond donors (Lipinski definition) is 0. The fourth-order valence-corrected chi connectivity index (χ4v) is 0.298. The summed E-state index contributed by atoms with van der Waals surface area (Å²) in [5.74, 6) is -5.86. The van der Waals surface area contributed by atoms with E-state index in [2.05, 4.69) is 4.74 Å². The zero-order chi connectivity index (χ0) is 8.36. The van der Waals surface area contributed by atoms with E-state index in [-0.39, 0.29) is 0 Å². The van der Waals surface area contributed by atoms with Gasteiger partial charge in [-0.3, -0.25) is 0 Å². The van der Waals surface area contributed by atoms with E-state index in [0.717, 1.165) is 7.11 Å². The average molecular weight is 156 g/mol. The van der Waals surface area contributed by atoms with Crippen molar-refractivity contribution in [3.63, 3.8) is 0 Å². The zero-order valence-corrected chi connectivity index (χ0v) is 5.53. The van der Waals surface area contributed by atoms with Crippen LogP contribution in [0.1, 0.15) is 6.92 Å². The van der Waals surface area contributed by atoms with Crippen LogP contribution >= 0.6 is 0 Å². The molecule has 0 rings (SSSR count). The zero-order valence-electron chi connectivity index (χ0n) is 5.53. The molecule has 0 saturated carbocycles. The highest BCUT2D eigenvalue weighted by Gasteiger charge is 2.46. The third kappa shape index (κ3) is 1.62. The van der Waals surface area contributed by atoms with E-state index in [1.807, 2.05) is 0 Å². The Morgan fingerprint density at radius 2 is 2.00 bits per heavy atom. The van der Waals surface area contributed by atoms with Crippen molar-refractivity contribution in [3.8, 4) is 0 Å². The number of halogens is 3. The van der Waals surface area contributed by atoms with Gasteiger partial charge in [0.15, 0.2) is 6.17 Å². The summed E-state index contributed by atoms with van der Waals surface area (Å²) in [6, 6.07) is 0. The second-order valence-electron chi connectivity index (χ2n) is 1.73. The fourth-order valence-electron chi connectivity index (χ4n) is 0.298. The van der Waals surface area contributed by atoms with Crippen LogP contribution < -0.4 is 0 Å². The molecule has 0 saturated heterocycles. The molecule has 1 atom stereocenters. The van der Waals surface area contributed by atoms with Crippen LogP contribution in [0.25, 0.3) is 0 Å². The lowest BCUT2D eigenvalue weighted by molar-refractivity contribution is -0.177. The standard InChI is InChI=1S/C5H7F3O2/c1-3(6)5(7,8)4(9)10-2/h3H,1-2H3. The van der Waals surface area contributed by atoms with Crippen LogP contribution in [0, 0.1) is 0 Å². The molecule has 0 spiro atoms. The molecule has 0 N–H and O–H groups in total. The quantitative estimate of drug-likeness (QED) is 0.560. The van der Waals surface area contributed by atoms with Gasteiger partial charge in [-0.15, -0.1) is 0 Å².